The van der Waals surface area contributed by atoms with Crippen LogP contribution in [0, 0.1) is 0 Å². The molecule has 96 valence electrons. The first-order valence-corrected chi connectivity index (χ1v) is 7.51. The quantitative estimate of drug-likeness (QED) is 0.704. The molecule has 0 atom stereocenters. The highest BCUT2D eigenvalue weighted by atomic mass is 79.9. The molecule has 0 aliphatic rings. The summed E-state index contributed by atoms with van der Waals surface area (Å²) in [6.07, 6.45) is 1.78. The van der Waals surface area contributed by atoms with Gasteiger partial charge in [-0.1, -0.05) is 0 Å². The van der Waals surface area contributed by atoms with Crippen LogP contribution in [0.3, 0.4) is 0 Å². The number of thiophene rings is 1. The molecule has 3 nitrogen and oxygen atoms in total. The summed E-state index contributed by atoms with van der Waals surface area (Å²) in [6, 6.07) is 9.96. The summed E-state index contributed by atoms with van der Waals surface area (Å²) in [7, 11) is 0. The molecule has 0 unspecified atom stereocenters. The van der Waals surface area contributed by atoms with E-state index in [1.807, 2.05) is 24.3 Å². The Hall–Kier alpha value is -1.59. The Morgan fingerprint density at radius 3 is 3.00 bits per heavy atom. The lowest BCUT2D eigenvalue weighted by Gasteiger charge is -2.10. The Labute approximate surface area is 123 Å². The standard InChI is InChI=1S/C14H12BrN3S/c15-9-6-10(19-8-9)7-18-13-4-3-12-11(14(13)16)2-1-5-17-12/h1-6,8,18H,7,16H2. The molecule has 0 radical (unpaired) electrons. The number of benzene rings is 1. The molecular formula is C14H12BrN3S. The second-order valence-electron chi connectivity index (χ2n) is 4.18. The second-order valence-corrected chi connectivity index (χ2v) is 6.09. The van der Waals surface area contributed by atoms with Crippen molar-refractivity contribution < 1.29 is 0 Å². The highest BCUT2D eigenvalue weighted by molar-refractivity contribution is 9.10. The molecule has 0 bridgehead atoms. The topological polar surface area (TPSA) is 50.9 Å². The van der Waals surface area contributed by atoms with E-state index < -0.39 is 0 Å². The zero-order valence-electron chi connectivity index (χ0n) is 10.1. The van der Waals surface area contributed by atoms with Crippen LogP contribution in [0.2, 0.25) is 0 Å². The Kier molecular flexibility index (Phi) is 3.40. The largest absolute Gasteiger partial charge is 0.397 e. The highest BCUT2D eigenvalue weighted by Gasteiger charge is 2.05. The van der Waals surface area contributed by atoms with Crippen molar-refractivity contribution in [2.45, 2.75) is 6.54 Å². The van der Waals surface area contributed by atoms with E-state index in [2.05, 4.69) is 37.7 Å². The number of hydrogen-bond acceptors (Lipinski definition) is 4. The Morgan fingerprint density at radius 2 is 2.21 bits per heavy atom. The molecule has 3 N–H and O–H groups in total. The number of rotatable bonds is 3. The fraction of sp³-hybridized carbons (Fsp3) is 0.0714. The van der Waals surface area contributed by atoms with Crippen LogP contribution < -0.4 is 11.1 Å². The minimum absolute atomic E-state index is 0.751. The fourth-order valence-corrected chi connectivity index (χ4v) is 3.35. The van der Waals surface area contributed by atoms with Crippen LogP contribution in [0.4, 0.5) is 11.4 Å². The molecule has 0 saturated carbocycles. The van der Waals surface area contributed by atoms with E-state index in [1.165, 1.54) is 4.88 Å². The summed E-state index contributed by atoms with van der Waals surface area (Å²) in [4.78, 5) is 5.55. The summed E-state index contributed by atoms with van der Waals surface area (Å²) >= 11 is 5.17. The number of fused-ring (bicyclic) bond motifs is 1. The number of nitrogens with two attached hydrogens (primary N) is 1. The molecule has 0 fully saturated rings. The maximum Gasteiger partial charge on any atom is 0.0724 e. The molecule has 2 heterocycles. The van der Waals surface area contributed by atoms with Crippen molar-refractivity contribution >= 4 is 49.5 Å². The number of aromatic nitrogens is 1. The normalized spacial score (nSPS) is 10.8. The van der Waals surface area contributed by atoms with Crippen molar-refractivity contribution in [2.75, 3.05) is 11.1 Å². The van der Waals surface area contributed by atoms with Gasteiger partial charge in [0.2, 0.25) is 0 Å². The molecule has 0 aliphatic heterocycles. The molecule has 0 saturated heterocycles. The third-order valence-corrected chi connectivity index (χ3v) is 4.60. The van der Waals surface area contributed by atoms with Crippen LogP contribution in [0.25, 0.3) is 10.9 Å². The third kappa shape index (κ3) is 2.57. The third-order valence-electron chi connectivity index (χ3n) is 2.90. The van der Waals surface area contributed by atoms with Crippen LogP contribution in [-0.4, -0.2) is 4.98 Å². The average Bonchev–Trinajstić information content (AvgIpc) is 2.84. The molecule has 0 aliphatic carbocycles. The van der Waals surface area contributed by atoms with Crippen molar-refractivity contribution in [1.82, 2.24) is 4.98 Å². The van der Waals surface area contributed by atoms with Gasteiger partial charge in [0, 0.05) is 32.9 Å². The van der Waals surface area contributed by atoms with Gasteiger partial charge in [0.05, 0.1) is 16.9 Å². The molecule has 1 aromatic carbocycles. The number of halogens is 1. The molecule has 19 heavy (non-hydrogen) atoms. The number of nitrogen functional groups attached to an aromatic ring is 1. The molecule has 0 spiro atoms. The monoisotopic (exact) mass is 333 g/mol. The lowest BCUT2D eigenvalue weighted by molar-refractivity contribution is 1.19. The van der Waals surface area contributed by atoms with E-state index in [1.54, 1.807) is 17.5 Å². The molecular weight excluding hydrogens is 322 g/mol. The summed E-state index contributed by atoms with van der Waals surface area (Å²) in [6.45, 7) is 0.770. The molecule has 5 heteroatoms. The van der Waals surface area contributed by atoms with Crippen molar-refractivity contribution in [1.29, 1.82) is 0 Å². The summed E-state index contributed by atoms with van der Waals surface area (Å²) in [5, 5.41) is 6.43. The van der Waals surface area contributed by atoms with Crippen LogP contribution in [0.15, 0.2) is 46.4 Å². The van der Waals surface area contributed by atoms with Gasteiger partial charge in [-0.25, -0.2) is 0 Å². The van der Waals surface area contributed by atoms with Crippen LogP contribution >= 0.6 is 27.3 Å². The predicted molar refractivity (Wildman–Crippen MR) is 85.5 cm³/mol. The van der Waals surface area contributed by atoms with Gasteiger partial charge in [0.15, 0.2) is 0 Å². The van der Waals surface area contributed by atoms with E-state index >= 15 is 0 Å². The van der Waals surface area contributed by atoms with E-state index in [-0.39, 0.29) is 0 Å². The van der Waals surface area contributed by atoms with Gasteiger partial charge in [-0.2, -0.15) is 0 Å². The van der Waals surface area contributed by atoms with E-state index in [4.69, 9.17) is 5.73 Å². The lowest BCUT2D eigenvalue weighted by Crippen LogP contribution is -2.01. The minimum atomic E-state index is 0.751. The highest BCUT2D eigenvalue weighted by Crippen LogP contribution is 2.28. The minimum Gasteiger partial charge on any atom is -0.397 e. The second kappa shape index (κ2) is 5.19. The zero-order valence-corrected chi connectivity index (χ0v) is 12.5. The molecule has 2 aromatic heterocycles. The summed E-state index contributed by atoms with van der Waals surface area (Å²) in [5.41, 5.74) is 8.80. The number of nitrogens with zero attached hydrogens (tertiary/aromatic N) is 1. The van der Waals surface area contributed by atoms with Gasteiger partial charge >= 0.3 is 0 Å². The molecule has 0 amide bonds. The number of nitrogens with one attached hydrogen (secondary N) is 1. The maximum atomic E-state index is 6.18. The smallest absolute Gasteiger partial charge is 0.0724 e. The average molecular weight is 334 g/mol. The summed E-state index contributed by atoms with van der Waals surface area (Å²) < 4.78 is 1.12. The Balaban J connectivity index is 1.87. The van der Waals surface area contributed by atoms with Crippen LogP contribution in [0.1, 0.15) is 4.88 Å². The van der Waals surface area contributed by atoms with Gasteiger partial charge < -0.3 is 11.1 Å². The predicted octanol–water partition coefficient (Wildman–Crippen LogP) is 4.25. The first-order chi connectivity index (χ1) is 9.24. The van der Waals surface area contributed by atoms with E-state index in [9.17, 15) is 0 Å². The van der Waals surface area contributed by atoms with Crippen molar-refractivity contribution in [3.63, 3.8) is 0 Å². The van der Waals surface area contributed by atoms with Gasteiger partial charge in [0.1, 0.15) is 0 Å². The van der Waals surface area contributed by atoms with E-state index in [0.29, 0.717) is 0 Å². The molecule has 3 aromatic rings. The van der Waals surface area contributed by atoms with Crippen LogP contribution in [0.5, 0.6) is 0 Å². The number of anilines is 2. The maximum absolute atomic E-state index is 6.18. The summed E-state index contributed by atoms with van der Waals surface area (Å²) in [5.74, 6) is 0. The Bertz CT molecular complexity index is 724. The fourth-order valence-electron chi connectivity index (χ4n) is 1.96. The van der Waals surface area contributed by atoms with Crippen LogP contribution in [-0.2, 0) is 6.54 Å². The Morgan fingerprint density at radius 1 is 1.32 bits per heavy atom. The first-order valence-electron chi connectivity index (χ1n) is 5.84. The first kappa shape index (κ1) is 12.4. The van der Waals surface area contributed by atoms with Gasteiger partial charge in [0.25, 0.3) is 0 Å². The lowest BCUT2D eigenvalue weighted by atomic mass is 10.1. The van der Waals surface area contributed by atoms with E-state index in [0.717, 1.165) is 33.3 Å². The van der Waals surface area contributed by atoms with Crippen molar-refractivity contribution in [2.24, 2.45) is 0 Å². The van der Waals surface area contributed by atoms with Gasteiger partial charge in [-0.15, -0.1) is 11.3 Å². The van der Waals surface area contributed by atoms with Crippen molar-refractivity contribution in [3.8, 4) is 0 Å². The number of hydrogen-bond donors (Lipinski definition) is 2. The number of pyridine rings is 1. The van der Waals surface area contributed by atoms with Gasteiger partial charge in [-0.3, -0.25) is 4.98 Å². The zero-order chi connectivity index (χ0) is 13.2. The van der Waals surface area contributed by atoms with Crippen molar-refractivity contribution in [3.05, 3.63) is 51.3 Å². The molecule has 3 rings (SSSR count). The van der Waals surface area contributed by atoms with Gasteiger partial charge in [-0.05, 0) is 46.3 Å². The SMILES string of the molecule is Nc1c(NCc2cc(Br)cs2)ccc2ncccc12.